The van der Waals surface area contributed by atoms with Crippen LogP contribution in [-0.4, -0.2) is 47.4 Å². The van der Waals surface area contributed by atoms with E-state index >= 15 is 0 Å². The lowest BCUT2D eigenvalue weighted by Gasteiger charge is -2.22. The molecule has 0 aliphatic carbocycles. The molecular formula is C59H111NO5. The first kappa shape index (κ1) is 63.1. The molecule has 6 heteroatoms. The SMILES string of the molecule is CCCCCC/C=C\C/C=C\CCCCCCCC(=O)OCCCCCC/C=C\CCCCCCCCCC(=O)NC(CO)C(O)CCCCCCCCCCCCCCCCCCC. The molecule has 0 aliphatic rings. The Kier molecular flexibility index (Phi) is 53.1. The molecule has 0 rings (SSSR count). The van der Waals surface area contributed by atoms with Gasteiger partial charge in [0.05, 0.1) is 25.4 Å². The molecule has 6 nitrogen and oxygen atoms in total. The molecule has 382 valence electrons. The smallest absolute Gasteiger partial charge is 0.305 e. The number of hydrogen-bond acceptors (Lipinski definition) is 5. The zero-order valence-electron chi connectivity index (χ0n) is 43.5. The summed E-state index contributed by atoms with van der Waals surface area (Å²) in [7, 11) is 0. The fourth-order valence-electron chi connectivity index (χ4n) is 8.72. The van der Waals surface area contributed by atoms with E-state index in [2.05, 4.69) is 55.6 Å². The lowest BCUT2D eigenvalue weighted by atomic mass is 10.0. The number of aliphatic hydroxyl groups is 2. The summed E-state index contributed by atoms with van der Waals surface area (Å²) >= 11 is 0. The number of hydrogen-bond donors (Lipinski definition) is 3. The number of rotatable bonds is 53. The van der Waals surface area contributed by atoms with Crippen LogP contribution in [0, 0.1) is 0 Å². The van der Waals surface area contributed by atoms with Gasteiger partial charge in [-0.25, -0.2) is 0 Å². The Hall–Kier alpha value is -1.92. The lowest BCUT2D eigenvalue weighted by molar-refractivity contribution is -0.143. The predicted octanol–water partition coefficient (Wildman–Crippen LogP) is 17.6. The molecule has 0 aromatic rings. The first-order valence-corrected chi connectivity index (χ1v) is 28.7. The first-order valence-electron chi connectivity index (χ1n) is 28.7. The molecule has 0 heterocycles. The van der Waals surface area contributed by atoms with E-state index in [1.807, 2.05) is 0 Å². The number of ether oxygens (including phenoxy) is 1. The standard InChI is InChI=1S/C59H111NO5/c1-3-5-7-9-11-13-15-17-19-21-23-27-31-35-39-43-47-51-57(62)56(55-61)60-58(63)52-48-44-40-36-32-28-24-22-26-30-34-38-42-46-50-54-65-59(64)53-49-45-41-37-33-29-25-20-18-16-14-12-10-8-6-4-2/h14,16,20,25-26,30,56-57,61-62H,3-13,15,17-19,21-24,27-29,31-55H2,1-2H3,(H,60,63)/b16-14-,25-20-,30-26-. The van der Waals surface area contributed by atoms with Crippen molar-refractivity contribution >= 4 is 11.9 Å². The maximum absolute atomic E-state index is 12.5. The van der Waals surface area contributed by atoms with E-state index in [-0.39, 0.29) is 18.5 Å². The van der Waals surface area contributed by atoms with Gasteiger partial charge >= 0.3 is 5.97 Å². The van der Waals surface area contributed by atoms with Gasteiger partial charge in [0.2, 0.25) is 5.91 Å². The van der Waals surface area contributed by atoms with Crippen molar-refractivity contribution in [3.8, 4) is 0 Å². The first-order chi connectivity index (χ1) is 32.0. The number of nitrogens with one attached hydrogen (secondary N) is 1. The summed E-state index contributed by atoms with van der Waals surface area (Å²) in [6.45, 7) is 4.90. The van der Waals surface area contributed by atoms with Crippen LogP contribution in [-0.2, 0) is 14.3 Å². The summed E-state index contributed by atoms with van der Waals surface area (Å²) < 4.78 is 5.46. The van der Waals surface area contributed by atoms with Crippen molar-refractivity contribution in [1.29, 1.82) is 0 Å². The summed E-state index contributed by atoms with van der Waals surface area (Å²) in [4.78, 5) is 24.5. The molecule has 2 unspecified atom stereocenters. The minimum atomic E-state index is -0.675. The third-order valence-corrected chi connectivity index (χ3v) is 13.2. The molecule has 0 saturated carbocycles. The van der Waals surface area contributed by atoms with Gasteiger partial charge in [-0.05, 0) is 83.5 Å². The predicted molar refractivity (Wildman–Crippen MR) is 283 cm³/mol. The minimum Gasteiger partial charge on any atom is -0.466 e. The van der Waals surface area contributed by atoms with Gasteiger partial charge < -0.3 is 20.3 Å². The van der Waals surface area contributed by atoms with Crippen LogP contribution in [0.2, 0.25) is 0 Å². The summed E-state index contributed by atoms with van der Waals surface area (Å²) in [6.07, 6.45) is 67.0. The fourth-order valence-corrected chi connectivity index (χ4v) is 8.72. The van der Waals surface area contributed by atoms with Gasteiger partial charge in [0, 0.05) is 12.8 Å². The largest absolute Gasteiger partial charge is 0.466 e. The van der Waals surface area contributed by atoms with Gasteiger partial charge in [-0.1, -0.05) is 243 Å². The van der Waals surface area contributed by atoms with Crippen molar-refractivity contribution in [2.24, 2.45) is 0 Å². The second kappa shape index (κ2) is 54.7. The summed E-state index contributed by atoms with van der Waals surface area (Å²) in [6, 6.07) is -0.554. The molecule has 0 saturated heterocycles. The van der Waals surface area contributed by atoms with Gasteiger partial charge in [-0.3, -0.25) is 9.59 Å². The van der Waals surface area contributed by atoms with E-state index in [1.54, 1.807) is 0 Å². The molecule has 0 fully saturated rings. The van der Waals surface area contributed by atoms with Crippen LogP contribution in [0.4, 0.5) is 0 Å². The Bertz CT molecular complexity index is 1060. The summed E-state index contributed by atoms with van der Waals surface area (Å²) in [5.41, 5.74) is 0. The normalized spacial score (nSPS) is 12.9. The highest BCUT2D eigenvalue weighted by Crippen LogP contribution is 2.17. The molecule has 0 bridgehead atoms. The van der Waals surface area contributed by atoms with E-state index in [9.17, 15) is 19.8 Å². The van der Waals surface area contributed by atoms with Crippen molar-refractivity contribution in [1.82, 2.24) is 5.32 Å². The number of esters is 1. The summed E-state index contributed by atoms with van der Waals surface area (Å²) in [5.74, 6) is -0.0731. The fraction of sp³-hybridized carbons (Fsp3) is 0.864. The Labute approximate surface area is 404 Å². The van der Waals surface area contributed by atoms with Crippen molar-refractivity contribution in [2.75, 3.05) is 13.2 Å². The van der Waals surface area contributed by atoms with Crippen LogP contribution in [0.1, 0.15) is 303 Å². The van der Waals surface area contributed by atoms with Crippen molar-refractivity contribution < 1.29 is 24.5 Å². The number of carbonyl (C=O) groups is 2. The van der Waals surface area contributed by atoms with Crippen molar-refractivity contribution in [3.05, 3.63) is 36.5 Å². The Morgan fingerprint density at radius 1 is 0.431 bits per heavy atom. The highest BCUT2D eigenvalue weighted by molar-refractivity contribution is 5.76. The number of allylic oxidation sites excluding steroid dienone is 6. The average Bonchev–Trinajstić information content (AvgIpc) is 3.31. The van der Waals surface area contributed by atoms with Crippen LogP contribution in [0.25, 0.3) is 0 Å². The van der Waals surface area contributed by atoms with Crippen LogP contribution in [0.3, 0.4) is 0 Å². The molecule has 0 aromatic heterocycles. The van der Waals surface area contributed by atoms with Gasteiger partial charge in [-0.2, -0.15) is 0 Å². The number of amides is 1. The maximum Gasteiger partial charge on any atom is 0.305 e. The molecular weight excluding hydrogens is 803 g/mol. The van der Waals surface area contributed by atoms with Gasteiger partial charge in [-0.15, -0.1) is 0 Å². The van der Waals surface area contributed by atoms with E-state index in [0.717, 1.165) is 77.0 Å². The third kappa shape index (κ3) is 51.3. The molecule has 0 aliphatic heterocycles. The van der Waals surface area contributed by atoms with Crippen LogP contribution < -0.4 is 5.32 Å². The number of carbonyl (C=O) groups excluding carboxylic acids is 2. The third-order valence-electron chi connectivity index (χ3n) is 13.2. The highest BCUT2D eigenvalue weighted by atomic mass is 16.5. The van der Waals surface area contributed by atoms with Crippen molar-refractivity contribution in [3.63, 3.8) is 0 Å². The van der Waals surface area contributed by atoms with Gasteiger partial charge in [0.15, 0.2) is 0 Å². The number of unbranched alkanes of at least 4 members (excludes halogenated alkanes) is 36. The zero-order valence-corrected chi connectivity index (χ0v) is 43.5. The Morgan fingerprint density at radius 2 is 0.769 bits per heavy atom. The van der Waals surface area contributed by atoms with Crippen LogP contribution >= 0.6 is 0 Å². The molecule has 1 amide bonds. The van der Waals surface area contributed by atoms with Crippen LogP contribution in [0.15, 0.2) is 36.5 Å². The maximum atomic E-state index is 12.5. The summed E-state index contributed by atoms with van der Waals surface area (Å²) in [5, 5.41) is 23.3. The highest BCUT2D eigenvalue weighted by Gasteiger charge is 2.20. The molecule has 0 spiro atoms. The number of aliphatic hydroxyl groups excluding tert-OH is 2. The Balaban J connectivity index is 3.49. The topological polar surface area (TPSA) is 95.9 Å². The monoisotopic (exact) mass is 914 g/mol. The lowest BCUT2D eigenvalue weighted by Crippen LogP contribution is -2.45. The quantitative estimate of drug-likeness (QED) is 0.0321. The second-order valence-electron chi connectivity index (χ2n) is 19.6. The van der Waals surface area contributed by atoms with Gasteiger partial charge in [0.25, 0.3) is 0 Å². The van der Waals surface area contributed by atoms with Gasteiger partial charge in [0.1, 0.15) is 0 Å². The molecule has 2 atom stereocenters. The minimum absolute atomic E-state index is 0.0234. The van der Waals surface area contributed by atoms with Crippen LogP contribution in [0.5, 0.6) is 0 Å². The molecule has 0 radical (unpaired) electrons. The Morgan fingerprint density at radius 3 is 1.20 bits per heavy atom. The molecule has 3 N–H and O–H groups in total. The van der Waals surface area contributed by atoms with E-state index in [1.165, 1.54) is 193 Å². The van der Waals surface area contributed by atoms with E-state index in [4.69, 9.17) is 4.74 Å². The zero-order chi connectivity index (χ0) is 47.2. The molecule has 65 heavy (non-hydrogen) atoms. The molecule has 0 aromatic carbocycles. The van der Waals surface area contributed by atoms with Crippen molar-refractivity contribution in [2.45, 2.75) is 315 Å². The second-order valence-corrected chi connectivity index (χ2v) is 19.6. The van der Waals surface area contributed by atoms with E-state index in [0.29, 0.717) is 25.9 Å². The average molecular weight is 915 g/mol. The van der Waals surface area contributed by atoms with E-state index < -0.39 is 12.1 Å².